The van der Waals surface area contributed by atoms with E-state index in [1.165, 1.54) is 0 Å². The fourth-order valence-corrected chi connectivity index (χ4v) is 6.44. The van der Waals surface area contributed by atoms with Crippen molar-refractivity contribution in [3.8, 4) is 11.5 Å². The maximum Gasteiger partial charge on any atom is 0.243 e. The van der Waals surface area contributed by atoms with Crippen LogP contribution in [-0.4, -0.2) is 63.2 Å². The maximum absolute atomic E-state index is 13.3. The molecule has 2 saturated heterocycles. The molecule has 2 aliphatic heterocycles. The van der Waals surface area contributed by atoms with Gasteiger partial charge in [0.15, 0.2) is 0 Å². The van der Waals surface area contributed by atoms with Gasteiger partial charge in [-0.05, 0) is 73.3 Å². The van der Waals surface area contributed by atoms with E-state index in [0.29, 0.717) is 25.4 Å². The Bertz CT molecular complexity index is 966. The monoisotopic (exact) mass is 450 g/mol. The summed E-state index contributed by atoms with van der Waals surface area (Å²) in [5.41, 5.74) is -0.623. The summed E-state index contributed by atoms with van der Waals surface area (Å²) in [5.74, 6) is 1.44. The van der Waals surface area contributed by atoms with E-state index < -0.39 is 15.7 Å². The maximum atomic E-state index is 13.3. The van der Waals surface area contributed by atoms with Crippen LogP contribution in [0.5, 0.6) is 11.5 Å². The van der Waals surface area contributed by atoms with Gasteiger partial charge in [-0.25, -0.2) is 12.7 Å². The zero-order valence-electron chi connectivity index (χ0n) is 17.1. The standard InChI is InChI=1S/C21H26N2O5S2/c1-26-17-4-8-19(9-5-17)29-23-14-15-28-21(23)12-3-13-22(16-21)30(24,25)20-10-6-18(27-2)7-11-20/h4-11H,3,12-16H2,1-2H3. The first-order valence-corrected chi connectivity index (χ1v) is 12.1. The summed E-state index contributed by atoms with van der Waals surface area (Å²) < 4.78 is 46.8. The first kappa shape index (κ1) is 21.5. The fourth-order valence-electron chi connectivity index (χ4n) is 3.88. The molecule has 2 aliphatic rings. The molecule has 0 amide bonds. The third kappa shape index (κ3) is 4.17. The number of hydrogen-bond donors (Lipinski definition) is 0. The number of nitrogens with zero attached hydrogens (tertiary/aromatic N) is 2. The second-order valence-electron chi connectivity index (χ2n) is 7.28. The Kier molecular flexibility index (Phi) is 6.26. The molecular weight excluding hydrogens is 424 g/mol. The highest BCUT2D eigenvalue weighted by Gasteiger charge is 2.48. The van der Waals surface area contributed by atoms with E-state index in [2.05, 4.69) is 4.31 Å². The van der Waals surface area contributed by atoms with Crippen molar-refractivity contribution in [1.29, 1.82) is 0 Å². The van der Waals surface area contributed by atoms with E-state index in [9.17, 15) is 8.42 Å². The third-order valence-electron chi connectivity index (χ3n) is 5.49. The molecule has 2 aromatic carbocycles. The van der Waals surface area contributed by atoms with E-state index in [-0.39, 0.29) is 4.90 Å². The molecule has 162 valence electrons. The van der Waals surface area contributed by atoms with Gasteiger partial charge in [-0.3, -0.25) is 0 Å². The van der Waals surface area contributed by atoms with Gasteiger partial charge in [0.2, 0.25) is 10.0 Å². The Labute approximate surface area is 182 Å². The summed E-state index contributed by atoms with van der Waals surface area (Å²) in [7, 11) is -0.406. The minimum atomic E-state index is -3.61. The van der Waals surface area contributed by atoms with E-state index in [0.717, 1.165) is 30.0 Å². The molecule has 0 N–H and O–H groups in total. The van der Waals surface area contributed by atoms with E-state index >= 15 is 0 Å². The van der Waals surface area contributed by atoms with Crippen molar-refractivity contribution in [3.63, 3.8) is 0 Å². The molecule has 1 spiro atoms. The number of rotatable bonds is 6. The Morgan fingerprint density at radius 2 is 1.60 bits per heavy atom. The molecule has 1 unspecified atom stereocenters. The van der Waals surface area contributed by atoms with E-state index in [4.69, 9.17) is 14.2 Å². The fraction of sp³-hybridized carbons (Fsp3) is 0.429. The van der Waals surface area contributed by atoms with Crippen LogP contribution in [0.1, 0.15) is 12.8 Å². The lowest BCUT2D eigenvalue weighted by molar-refractivity contribution is -0.0787. The van der Waals surface area contributed by atoms with Crippen LogP contribution in [0, 0.1) is 0 Å². The lowest BCUT2D eigenvalue weighted by Gasteiger charge is -2.43. The number of hydrogen-bond acceptors (Lipinski definition) is 7. The Morgan fingerprint density at radius 1 is 0.967 bits per heavy atom. The molecule has 0 aromatic heterocycles. The zero-order chi connectivity index (χ0) is 21.2. The van der Waals surface area contributed by atoms with Gasteiger partial charge in [0.1, 0.15) is 17.2 Å². The molecule has 2 aromatic rings. The normalized spacial score (nSPS) is 23.0. The molecule has 0 aliphatic carbocycles. The first-order valence-electron chi connectivity index (χ1n) is 9.85. The van der Waals surface area contributed by atoms with E-state index in [1.807, 2.05) is 24.3 Å². The highest BCUT2D eigenvalue weighted by atomic mass is 32.2. The number of methoxy groups -OCH3 is 2. The largest absolute Gasteiger partial charge is 0.497 e. The topological polar surface area (TPSA) is 68.3 Å². The minimum absolute atomic E-state index is 0.271. The van der Waals surface area contributed by atoms with Crippen LogP contribution in [0.3, 0.4) is 0 Å². The highest BCUT2D eigenvalue weighted by Crippen LogP contribution is 2.41. The number of sulfonamides is 1. The van der Waals surface area contributed by atoms with Crippen molar-refractivity contribution in [1.82, 2.24) is 8.61 Å². The van der Waals surface area contributed by atoms with Crippen molar-refractivity contribution in [3.05, 3.63) is 48.5 Å². The molecular formula is C21H26N2O5S2. The van der Waals surface area contributed by atoms with Crippen molar-refractivity contribution in [2.45, 2.75) is 28.4 Å². The zero-order valence-corrected chi connectivity index (χ0v) is 18.7. The van der Waals surface area contributed by atoms with Gasteiger partial charge in [-0.2, -0.15) is 4.31 Å². The lowest BCUT2D eigenvalue weighted by Crippen LogP contribution is -2.55. The molecule has 4 rings (SSSR count). The number of piperidine rings is 1. The number of ether oxygens (including phenoxy) is 3. The van der Waals surface area contributed by atoms with Crippen LogP contribution in [0.4, 0.5) is 0 Å². The molecule has 2 heterocycles. The van der Waals surface area contributed by atoms with Gasteiger partial charge in [0, 0.05) is 18.0 Å². The van der Waals surface area contributed by atoms with Gasteiger partial charge >= 0.3 is 0 Å². The van der Waals surface area contributed by atoms with Crippen molar-refractivity contribution >= 4 is 22.0 Å². The van der Waals surface area contributed by atoms with Crippen LogP contribution in [0.2, 0.25) is 0 Å². The minimum Gasteiger partial charge on any atom is -0.497 e. The number of benzene rings is 2. The van der Waals surface area contributed by atoms with Crippen LogP contribution in [0.25, 0.3) is 0 Å². The van der Waals surface area contributed by atoms with Gasteiger partial charge in [0.05, 0.1) is 32.3 Å². The van der Waals surface area contributed by atoms with Crippen molar-refractivity contribution in [2.75, 3.05) is 40.5 Å². The Hall–Kier alpha value is -1.78. The second-order valence-corrected chi connectivity index (χ2v) is 10.3. The van der Waals surface area contributed by atoms with Gasteiger partial charge < -0.3 is 14.2 Å². The summed E-state index contributed by atoms with van der Waals surface area (Å²) in [5, 5.41) is 0. The van der Waals surface area contributed by atoms with Crippen LogP contribution in [-0.2, 0) is 14.8 Å². The van der Waals surface area contributed by atoms with Crippen LogP contribution in [0.15, 0.2) is 58.3 Å². The average Bonchev–Trinajstić information content (AvgIpc) is 3.15. The third-order valence-corrected chi connectivity index (χ3v) is 8.57. The van der Waals surface area contributed by atoms with E-state index in [1.54, 1.807) is 54.7 Å². The van der Waals surface area contributed by atoms with Gasteiger partial charge in [-0.15, -0.1) is 0 Å². The molecule has 30 heavy (non-hydrogen) atoms. The molecule has 2 fully saturated rings. The van der Waals surface area contributed by atoms with Gasteiger partial charge in [0.25, 0.3) is 0 Å². The van der Waals surface area contributed by atoms with Crippen LogP contribution >= 0.6 is 11.9 Å². The Balaban J connectivity index is 1.53. The highest BCUT2D eigenvalue weighted by molar-refractivity contribution is 7.97. The molecule has 9 heteroatoms. The van der Waals surface area contributed by atoms with Crippen molar-refractivity contribution < 1.29 is 22.6 Å². The summed E-state index contributed by atoms with van der Waals surface area (Å²) >= 11 is 1.60. The molecule has 1 atom stereocenters. The molecule has 0 radical (unpaired) electrons. The predicted octanol–water partition coefficient (Wildman–Crippen LogP) is 3.22. The second kappa shape index (κ2) is 8.76. The summed E-state index contributed by atoms with van der Waals surface area (Å²) in [6.07, 6.45) is 1.54. The quantitative estimate of drug-likeness (QED) is 0.626. The summed E-state index contributed by atoms with van der Waals surface area (Å²) in [6.45, 7) is 2.12. The summed E-state index contributed by atoms with van der Waals surface area (Å²) in [4.78, 5) is 1.34. The average molecular weight is 451 g/mol. The van der Waals surface area contributed by atoms with Gasteiger partial charge in [-0.1, -0.05) is 0 Å². The predicted molar refractivity (Wildman–Crippen MR) is 115 cm³/mol. The Morgan fingerprint density at radius 3 is 2.23 bits per heavy atom. The lowest BCUT2D eigenvalue weighted by atomic mass is 10.0. The summed E-state index contributed by atoms with van der Waals surface area (Å²) in [6, 6.07) is 14.4. The smallest absolute Gasteiger partial charge is 0.243 e. The molecule has 0 bridgehead atoms. The first-order chi connectivity index (χ1) is 14.5. The molecule has 0 saturated carbocycles. The molecule has 7 nitrogen and oxygen atoms in total. The van der Waals surface area contributed by atoms with Crippen LogP contribution < -0.4 is 9.47 Å². The van der Waals surface area contributed by atoms with Crippen molar-refractivity contribution in [2.24, 2.45) is 0 Å². The SMILES string of the molecule is COc1ccc(SN2CCOC23CCCN(S(=O)(=O)c2ccc(OC)cc2)C3)cc1.